The Kier molecular flexibility index (Phi) is 6.95. The Labute approximate surface area is 175 Å². The molecule has 30 heavy (non-hydrogen) atoms. The van der Waals surface area contributed by atoms with Crippen LogP contribution in [0, 0.1) is 6.92 Å². The van der Waals surface area contributed by atoms with E-state index in [1.807, 2.05) is 41.8 Å². The molecule has 2 amide bonds. The Balaban J connectivity index is 1.60. The third-order valence-corrected chi connectivity index (χ3v) is 4.82. The van der Waals surface area contributed by atoms with Gasteiger partial charge in [-0.2, -0.15) is 0 Å². The fourth-order valence-corrected chi connectivity index (χ4v) is 3.19. The van der Waals surface area contributed by atoms with Crippen LogP contribution in [0.4, 0.5) is 0 Å². The number of nitrogens with one attached hydrogen (secondary N) is 2. The van der Waals surface area contributed by atoms with Gasteiger partial charge in [0.1, 0.15) is 6.54 Å². The van der Waals surface area contributed by atoms with Crippen molar-refractivity contribution in [1.29, 1.82) is 0 Å². The van der Waals surface area contributed by atoms with E-state index in [2.05, 4.69) is 17.8 Å². The van der Waals surface area contributed by atoms with E-state index in [0.717, 1.165) is 29.4 Å². The number of hydrogen-bond acceptors (Lipinski definition) is 4. The molecule has 158 valence electrons. The summed E-state index contributed by atoms with van der Waals surface area (Å²) in [5.41, 5.74) is 7.23. The third kappa shape index (κ3) is 4.92. The first kappa shape index (κ1) is 21.2. The molecular formula is C23H27N3O4. The van der Waals surface area contributed by atoms with Gasteiger partial charge in [-0.25, -0.2) is 0 Å². The number of rotatable bonds is 8. The molecule has 0 fully saturated rings. The van der Waals surface area contributed by atoms with E-state index in [4.69, 9.17) is 9.47 Å². The number of aryl methyl sites for hydroxylation is 1. The predicted octanol–water partition coefficient (Wildman–Crippen LogP) is 3.60. The molecule has 3 rings (SSSR count). The second-order valence-electron chi connectivity index (χ2n) is 7.00. The largest absolute Gasteiger partial charge is 0.493 e. The van der Waals surface area contributed by atoms with E-state index >= 15 is 0 Å². The summed E-state index contributed by atoms with van der Waals surface area (Å²) in [6.07, 6.45) is 1.97. The number of unbranched alkanes of at least 4 members (excludes halogenated alkanes) is 1. The first-order chi connectivity index (χ1) is 14.5. The monoisotopic (exact) mass is 409 g/mol. The SMILES string of the molecule is CCCCOc1ccc(C(=O)NNC(=O)Cn2c(C)cc3ccccc32)cc1OC. The molecule has 0 aliphatic carbocycles. The van der Waals surface area contributed by atoms with Crippen molar-refractivity contribution in [2.24, 2.45) is 0 Å². The molecule has 2 aromatic carbocycles. The van der Waals surface area contributed by atoms with Crippen molar-refractivity contribution in [2.75, 3.05) is 13.7 Å². The van der Waals surface area contributed by atoms with Crippen LogP contribution in [-0.2, 0) is 11.3 Å². The minimum atomic E-state index is -0.434. The highest BCUT2D eigenvalue weighted by Crippen LogP contribution is 2.28. The Bertz CT molecular complexity index is 1040. The van der Waals surface area contributed by atoms with Crippen LogP contribution >= 0.6 is 0 Å². The maximum atomic E-state index is 12.4. The molecule has 0 radical (unpaired) electrons. The zero-order valence-corrected chi connectivity index (χ0v) is 17.5. The Hall–Kier alpha value is -3.48. The summed E-state index contributed by atoms with van der Waals surface area (Å²) in [6.45, 7) is 4.72. The number of methoxy groups -OCH3 is 1. The van der Waals surface area contributed by atoms with Crippen LogP contribution in [0.3, 0.4) is 0 Å². The molecule has 7 heteroatoms. The van der Waals surface area contributed by atoms with Crippen molar-refractivity contribution < 1.29 is 19.1 Å². The van der Waals surface area contributed by atoms with E-state index in [0.29, 0.717) is 23.7 Å². The van der Waals surface area contributed by atoms with Crippen LogP contribution in [0.1, 0.15) is 35.8 Å². The van der Waals surface area contributed by atoms with Crippen molar-refractivity contribution in [3.05, 3.63) is 59.8 Å². The van der Waals surface area contributed by atoms with Crippen LogP contribution in [-0.4, -0.2) is 30.1 Å². The summed E-state index contributed by atoms with van der Waals surface area (Å²) < 4.78 is 12.9. The van der Waals surface area contributed by atoms with E-state index < -0.39 is 5.91 Å². The van der Waals surface area contributed by atoms with Crippen LogP contribution in [0.5, 0.6) is 11.5 Å². The Morgan fingerprint density at radius 2 is 1.83 bits per heavy atom. The number of hydrogen-bond donors (Lipinski definition) is 2. The number of amides is 2. The second-order valence-corrected chi connectivity index (χ2v) is 7.00. The van der Waals surface area contributed by atoms with Crippen molar-refractivity contribution in [3.8, 4) is 11.5 Å². The van der Waals surface area contributed by atoms with E-state index in [9.17, 15) is 9.59 Å². The molecule has 0 unspecified atom stereocenters. The van der Waals surface area contributed by atoms with E-state index in [1.54, 1.807) is 18.2 Å². The van der Waals surface area contributed by atoms with Crippen molar-refractivity contribution in [1.82, 2.24) is 15.4 Å². The fourth-order valence-electron chi connectivity index (χ4n) is 3.19. The molecule has 2 N–H and O–H groups in total. The number of aromatic nitrogens is 1. The number of nitrogens with zero attached hydrogens (tertiary/aromatic N) is 1. The van der Waals surface area contributed by atoms with E-state index in [-0.39, 0.29) is 12.5 Å². The number of hydrazine groups is 1. The van der Waals surface area contributed by atoms with Crippen molar-refractivity contribution in [3.63, 3.8) is 0 Å². The maximum Gasteiger partial charge on any atom is 0.269 e. The van der Waals surface area contributed by atoms with Gasteiger partial charge in [-0.1, -0.05) is 31.5 Å². The topological polar surface area (TPSA) is 81.6 Å². The number of fused-ring (bicyclic) bond motifs is 1. The van der Waals surface area contributed by atoms with Gasteiger partial charge in [0.05, 0.1) is 13.7 Å². The van der Waals surface area contributed by atoms with Gasteiger partial charge in [-0.15, -0.1) is 0 Å². The van der Waals surface area contributed by atoms with Gasteiger partial charge in [0.2, 0.25) is 0 Å². The quantitative estimate of drug-likeness (QED) is 0.440. The standard InChI is InChI=1S/C23H27N3O4/c1-4-5-12-30-20-11-10-18(14-21(20)29-3)23(28)25-24-22(27)15-26-16(2)13-17-8-6-7-9-19(17)26/h6-11,13-14H,4-5,12,15H2,1-3H3,(H,24,27)(H,25,28). The van der Waals surface area contributed by atoms with Crippen LogP contribution in [0.2, 0.25) is 0 Å². The normalized spacial score (nSPS) is 10.6. The highest BCUT2D eigenvalue weighted by Gasteiger charge is 2.13. The number of para-hydroxylation sites is 1. The lowest BCUT2D eigenvalue weighted by atomic mass is 10.2. The van der Waals surface area contributed by atoms with Gasteiger partial charge < -0.3 is 14.0 Å². The molecule has 3 aromatic rings. The molecule has 0 atom stereocenters. The summed E-state index contributed by atoms with van der Waals surface area (Å²) in [4.78, 5) is 24.8. The number of carbonyl (C=O) groups is 2. The molecule has 1 heterocycles. The van der Waals surface area contributed by atoms with Gasteiger partial charge in [-0.05, 0) is 49.1 Å². The molecule has 0 aliphatic heterocycles. The molecule has 0 saturated heterocycles. The minimum absolute atomic E-state index is 0.104. The highest BCUT2D eigenvalue weighted by molar-refractivity contribution is 5.96. The lowest BCUT2D eigenvalue weighted by Crippen LogP contribution is -2.43. The lowest BCUT2D eigenvalue weighted by molar-refractivity contribution is -0.122. The molecular weight excluding hydrogens is 382 g/mol. The number of benzene rings is 2. The molecule has 0 spiro atoms. The Morgan fingerprint density at radius 3 is 2.60 bits per heavy atom. The van der Waals surface area contributed by atoms with Gasteiger partial charge in [0, 0.05) is 16.8 Å². The average molecular weight is 409 g/mol. The molecule has 7 nitrogen and oxygen atoms in total. The van der Waals surface area contributed by atoms with Crippen molar-refractivity contribution >= 4 is 22.7 Å². The number of carbonyl (C=O) groups excluding carboxylic acids is 2. The van der Waals surface area contributed by atoms with Gasteiger partial charge in [-0.3, -0.25) is 20.4 Å². The minimum Gasteiger partial charge on any atom is -0.493 e. The first-order valence-corrected chi connectivity index (χ1v) is 9.98. The summed E-state index contributed by atoms with van der Waals surface area (Å²) in [6, 6.07) is 14.8. The lowest BCUT2D eigenvalue weighted by Gasteiger charge is -2.13. The zero-order valence-electron chi connectivity index (χ0n) is 17.5. The number of ether oxygens (including phenoxy) is 2. The van der Waals surface area contributed by atoms with Gasteiger partial charge in [0.25, 0.3) is 11.8 Å². The van der Waals surface area contributed by atoms with Crippen LogP contribution in [0.25, 0.3) is 10.9 Å². The molecule has 0 aliphatic rings. The zero-order chi connectivity index (χ0) is 21.5. The average Bonchev–Trinajstić information content (AvgIpc) is 3.07. The molecule has 0 saturated carbocycles. The Morgan fingerprint density at radius 1 is 1.03 bits per heavy atom. The molecule has 0 bridgehead atoms. The predicted molar refractivity (Wildman–Crippen MR) is 116 cm³/mol. The van der Waals surface area contributed by atoms with Gasteiger partial charge >= 0.3 is 0 Å². The fraction of sp³-hybridized carbons (Fsp3) is 0.304. The van der Waals surface area contributed by atoms with Crippen molar-refractivity contribution in [2.45, 2.75) is 33.2 Å². The van der Waals surface area contributed by atoms with E-state index in [1.165, 1.54) is 7.11 Å². The summed E-state index contributed by atoms with van der Waals surface area (Å²) in [5.74, 6) is 0.302. The highest BCUT2D eigenvalue weighted by atomic mass is 16.5. The summed E-state index contributed by atoms with van der Waals surface area (Å²) in [5, 5.41) is 1.07. The second kappa shape index (κ2) is 9.82. The third-order valence-electron chi connectivity index (χ3n) is 4.82. The van der Waals surface area contributed by atoms with Crippen LogP contribution < -0.4 is 20.3 Å². The summed E-state index contributed by atoms with van der Waals surface area (Å²) in [7, 11) is 1.52. The smallest absolute Gasteiger partial charge is 0.269 e. The maximum absolute atomic E-state index is 12.4. The van der Waals surface area contributed by atoms with Gasteiger partial charge in [0.15, 0.2) is 11.5 Å². The molecule has 1 aromatic heterocycles. The summed E-state index contributed by atoms with van der Waals surface area (Å²) >= 11 is 0. The van der Waals surface area contributed by atoms with Crippen LogP contribution in [0.15, 0.2) is 48.5 Å². The first-order valence-electron chi connectivity index (χ1n) is 9.98.